The summed E-state index contributed by atoms with van der Waals surface area (Å²) in [5.74, 6) is 2.57. The summed E-state index contributed by atoms with van der Waals surface area (Å²) in [4.78, 5) is 0. The van der Waals surface area contributed by atoms with Gasteiger partial charge in [-0.25, -0.2) is 0 Å². The third-order valence-corrected chi connectivity index (χ3v) is 4.97. The number of hydrogen-bond donors (Lipinski definition) is 1. The van der Waals surface area contributed by atoms with Gasteiger partial charge in [0.2, 0.25) is 0 Å². The Morgan fingerprint density at radius 3 is 2.57 bits per heavy atom. The monoisotopic (exact) mass is 353 g/mol. The number of ether oxygens (including phenoxy) is 1. The van der Waals surface area contributed by atoms with Gasteiger partial charge in [-0.15, -0.1) is 0 Å². The van der Waals surface area contributed by atoms with Crippen LogP contribution in [0, 0.1) is 11.8 Å². The molecule has 0 aliphatic heterocycles. The molecular formula is C18H28BrNO. The largest absolute Gasteiger partial charge is 0.490 e. The van der Waals surface area contributed by atoms with E-state index in [4.69, 9.17) is 4.74 Å². The Morgan fingerprint density at radius 1 is 1.19 bits per heavy atom. The lowest BCUT2D eigenvalue weighted by Crippen LogP contribution is -2.28. The Morgan fingerprint density at radius 2 is 1.90 bits per heavy atom. The maximum Gasteiger partial charge on any atom is 0.120 e. The van der Waals surface area contributed by atoms with E-state index in [1.165, 1.54) is 24.8 Å². The van der Waals surface area contributed by atoms with Gasteiger partial charge >= 0.3 is 0 Å². The molecule has 2 rings (SSSR count). The molecule has 1 aliphatic rings. The molecule has 2 unspecified atom stereocenters. The predicted molar refractivity (Wildman–Crippen MR) is 92.7 cm³/mol. The zero-order valence-corrected chi connectivity index (χ0v) is 15.1. The molecule has 0 heterocycles. The molecule has 1 N–H and O–H groups in total. The van der Waals surface area contributed by atoms with Gasteiger partial charge in [0.05, 0.1) is 6.10 Å². The highest BCUT2D eigenvalue weighted by Gasteiger charge is 2.25. The van der Waals surface area contributed by atoms with Crippen LogP contribution in [0.3, 0.4) is 0 Å². The van der Waals surface area contributed by atoms with E-state index in [-0.39, 0.29) is 0 Å². The number of rotatable bonds is 6. The minimum Gasteiger partial charge on any atom is -0.490 e. The molecule has 1 aliphatic carbocycles. The summed E-state index contributed by atoms with van der Waals surface area (Å²) < 4.78 is 7.41. The molecule has 2 atom stereocenters. The summed E-state index contributed by atoms with van der Waals surface area (Å²) in [7, 11) is 0. The predicted octanol–water partition coefficient (Wildman–Crippen LogP) is 5.15. The number of hydrogen-bond acceptors (Lipinski definition) is 2. The van der Waals surface area contributed by atoms with E-state index in [1.807, 2.05) is 0 Å². The quantitative estimate of drug-likeness (QED) is 0.713. The van der Waals surface area contributed by atoms with E-state index in [1.54, 1.807) is 0 Å². The lowest BCUT2D eigenvalue weighted by Gasteiger charge is -2.31. The van der Waals surface area contributed by atoms with Gasteiger partial charge in [0, 0.05) is 11.0 Å². The van der Waals surface area contributed by atoms with Gasteiger partial charge in [0.15, 0.2) is 0 Å². The van der Waals surface area contributed by atoms with Crippen molar-refractivity contribution >= 4 is 15.9 Å². The first-order valence-corrected chi connectivity index (χ1v) is 9.03. The maximum atomic E-state index is 6.25. The second-order valence-electron chi connectivity index (χ2n) is 6.59. The highest BCUT2D eigenvalue weighted by Crippen LogP contribution is 2.32. The molecule has 1 aromatic rings. The minimum atomic E-state index is 0.376. The molecule has 0 spiro atoms. The first-order valence-electron chi connectivity index (χ1n) is 8.24. The van der Waals surface area contributed by atoms with Crippen molar-refractivity contribution in [2.24, 2.45) is 11.8 Å². The second kappa shape index (κ2) is 8.19. The van der Waals surface area contributed by atoms with E-state index < -0.39 is 0 Å². The highest BCUT2D eigenvalue weighted by atomic mass is 79.9. The Bertz CT molecular complexity index is 439. The molecule has 1 saturated carbocycles. The molecule has 0 radical (unpaired) electrons. The fraction of sp³-hybridized carbons (Fsp3) is 0.667. The van der Waals surface area contributed by atoms with E-state index >= 15 is 0 Å². The van der Waals surface area contributed by atoms with Gasteiger partial charge in [-0.3, -0.25) is 0 Å². The zero-order valence-electron chi connectivity index (χ0n) is 13.5. The standard InChI is InChI=1S/C18H28BrNO/c1-4-7-20-12-15-11-16(5-6-18(15)19)21-17-9-13(2)8-14(3)10-17/h5-6,11,13-14,17,20H,4,7-10,12H2,1-3H3. The van der Waals surface area contributed by atoms with Crippen molar-refractivity contribution in [2.45, 2.75) is 59.1 Å². The molecule has 3 heteroatoms. The summed E-state index contributed by atoms with van der Waals surface area (Å²) in [6.07, 6.45) is 5.24. The smallest absolute Gasteiger partial charge is 0.120 e. The van der Waals surface area contributed by atoms with Crippen molar-refractivity contribution in [3.8, 4) is 5.75 Å². The van der Waals surface area contributed by atoms with Crippen LogP contribution >= 0.6 is 15.9 Å². The SMILES string of the molecule is CCCNCc1cc(OC2CC(C)CC(C)C2)ccc1Br. The molecule has 1 fully saturated rings. The van der Waals surface area contributed by atoms with Gasteiger partial charge < -0.3 is 10.1 Å². The summed E-state index contributed by atoms with van der Waals surface area (Å²) in [5.41, 5.74) is 1.28. The van der Waals surface area contributed by atoms with E-state index in [0.717, 1.165) is 41.6 Å². The van der Waals surface area contributed by atoms with Crippen molar-refractivity contribution in [1.29, 1.82) is 0 Å². The normalized spacial score (nSPS) is 25.8. The average Bonchev–Trinajstić information content (AvgIpc) is 2.41. The minimum absolute atomic E-state index is 0.376. The van der Waals surface area contributed by atoms with Crippen LogP contribution in [0.1, 0.15) is 52.0 Å². The average molecular weight is 354 g/mol. The number of nitrogens with one attached hydrogen (secondary N) is 1. The van der Waals surface area contributed by atoms with Gasteiger partial charge in [0.25, 0.3) is 0 Å². The lowest BCUT2D eigenvalue weighted by atomic mass is 9.82. The number of halogens is 1. The van der Waals surface area contributed by atoms with Gasteiger partial charge in [-0.05, 0) is 67.8 Å². The van der Waals surface area contributed by atoms with Crippen LogP contribution in [-0.4, -0.2) is 12.6 Å². The zero-order chi connectivity index (χ0) is 15.2. The Kier molecular flexibility index (Phi) is 6.56. The topological polar surface area (TPSA) is 21.3 Å². The van der Waals surface area contributed by atoms with Crippen molar-refractivity contribution < 1.29 is 4.74 Å². The molecule has 21 heavy (non-hydrogen) atoms. The van der Waals surface area contributed by atoms with E-state index in [0.29, 0.717) is 6.10 Å². The summed E-state index contributed by atoms with van der Waals surface area (Å²) in [5, 5.41) is 3.45. The van der Waals surface area contributed by atoms with E-state index in [9.17, 15) is 0 Å². The van der Waals surface area contributed by atoms with Gasteiger partial charge in [-0.2, -0.15) is 0 Å². The highest BCUT2D eigenvalue weighted by molar-refractivity contribution is 9.10. The third kappa shape index (κ3) is 5.30. The maximum absolute atomic E-state index is 6.25. The summed E-state index contributed by atoms with van der Waals surface area (Å²) in [6, 6.07) is 6.36. The Balaban J connectivity index is 1.98. The molecule has 1 aromatic carbocycles. The molecule has 0 bridgehead atoms. The lowest BCUT2D eigenvalue weighted by molar-refractivity contribution is 0.101. The molecule has 0 amide bonds. The van der Waals surface area contributed by atoms with Crippen LogP contribution in [-0.2, 0) is 6.54 Å². The van der Waals surface area contributed by atoms with Crippen LogP contribution in [0.2, 0.25) is 0 Å². The molecule has 0 saturated heterocycles. The summed E-state index contributed by atoms with van der Waals surface area (Å²) >= 11 is 3.63. The van der Waals surface area contributed by atoms with Gasteiger partial charge in [-0.1, -0.05) is 36.7 Å². The van der Waals surface area contributed by atoms with Gasteiger partial charge in [0.1, 0.15) is 5.75 Å². The van der Waals surface area contributed by atoms with Crippen LogP contribution in [0.5, 0.6) is 5.75 Å². The van der Waals surface area contributed by atoms with Crippen molar-refractivity contribution in [2.75, 3.05) is 6.54 Å². The van der Waals surface area contributed by atoms with Crippen molar-refractivity contribution in [3.05, 3.63) is 28.2 Å². The molecule has 0 aromatic heterocycles. The third-order valence-electron chi connectivity index (χ3n) is 4.20. The van der Waals surface area contributed by atoms with Crippen LogP contribution < -0.4 is 10.1 Å². The van der Waals surface area contributed by atoms with Crippen LogP contribution in [0.15, 0.2) is 22.7 Å². The molecular weight excluding hydrogens is 326 g/mol. The summed E-state index contributed by atoms with van der Waals surface area (Å²) in [6.45, 7) is 8.81. The van der Waals surface area contributed by atoms with E-state index in [2.05, 4.69) is 60.2 Å². The Labute approximate surface area is 137 Å². The fourth-order valence-corrected chi connectivity index (χ4v) is 3.71. The molecule has 2 nitrogen and oxygen atoms in total. The van der Waals surface area contributed by atoms with Crippen molar-refractivity contribution in [1.82, 2.24) is 5.32 Å². The fourth-order valence-electron chi connectivity index (χ4n) is 3.32. The van der Waals surface area contributed by atoms with Crippen LogP contribution in [0.25, 0.3) is 0 Å². The van der Waals surface area contributed by atoms with Crippen molar-refractivity contribution in [3.63, 3.8) is 0 Å². The Hall–Kier alpha value is -0.540. The second-order valence-corrected chi connectivity index (χ2v) is 7.44. The van der Waals surface area contributed by atoms with Crippen LogP contribution in [0.4, 0.5) is 0 Å². The number of benzene rings is 1. The first-order chi connectivity index (χ1) is 10.1. The molecule has 118 valence electrons. The first kappa shape index (κ1) is 16.8.